The molecule has 0 fully saturated rings. The number of nitrogens with zero attached hydrogens (tertiary/aromatic N) is 1. The smallest absolute Gasteiger partial charge is 0.341 e. The minimum atomic E-state index is -0.694. The molecule has 0 spiro atoms. The topological polar surface area (TPSA) is 39.2 Å². The van der Waals surface area contributed by atoms with Crippen molar-refractivity contribution in [3.63, 3.8) is 0 Å². The van der Waals surface area contributed by atoms with Crippen molar-refractivity contribution < 1.29 is 13.9 Å². The van der Waals surface area contributed by atoms with Crippen LogP contribution in [0.2, 0.25) is 0 Å². The van der Waals surface area contributed by atoms with Gasteiger partial charge in [0.1, 0.15) is 17.4 Å². The van der Waals surface area contributed by atoms with E-state index in [-0.39, 0.29) is 12.2 Å². The maximum atomic E-state index is 13.5. The lowest BCUT2D eigenvalue weighted by Crippen LogP contribution is -2.07. The zero-order valence-electron chi connectivity index (χ0n) is 11.8. The summed E-state index contributed by atoms with van der Waals surface area (Å²) in [6.45, 7) is 0.0116. The summed E-state index contributed by atoms with van der Waals surface area (Å²) in [6, 6.07) is 13.5. The molecule has 0 amide bonds. The van der Waals surface area contributed by atoms with Crippen molar-refractivity contribution >= 4 is 33.2 Å². The highest BCUT2D eigenvalue weighted by atomic mass is 79.9. The van der Waals surface area contributed by atoms with E-state index in [9.17, 15) is 9.18 Å². The average Bonchev–Trinajstić information content (AvgIpc) is 3.02. The molecule has 0 aliphatic carbocycles. The van der Waals surface area contributed by atoms with E-state index in [1.165, 1.54) is 29.5 Å². The first-order chi connectivity index (χ1) is 11.1. The fourth-order valence-corrected chi connectivity index (χ4v) is 3.17. The molecular formula is C17H11BrFNO2S. The van der Waals surface area contributed by atoms with Crippen molar-refractivity contribution in [1.82, 2.24) is 4.98 Å². The van der Waals surface area contributed by atoms with E-state index in [1.54, 1.807) is 6.07 Å². The number of thiazole rings is 1. The first kappa shape index (κ1) is 15.8. The number of benzene rings is 2. The minimum absolute atomic E-state index is 0.0116. The third-order valence-corrected chi connectivity index (χ3v) is 4.50. The van der Waals surface area contributed by atoms with Gasteiger partial charge in [0.2, 0.25) is 0 Å². The minimum Gasteiger partial charge on any atom is -0.455 e. The third kappa shape index (κ3) is 3.83. The van der Waals surface area contributed by atoms with Crippen LogP contribution in [0.1, 0.15) is 16.1 Å². The molecule has 23 heavy (non-hydrogen) atoms. The molecule has 0 atom stereocenters. The van der Waals surface area contributed by atoms with Gasteiger partial charge in [0.25, 0.3) is 0 Å². The van der Waals surface area contributed by atoms with Crippen LogP contribution in [0.4, 0.5) is 4.39 Å². The van der Waals surface area contributed by atoms with Gasteiger partial charge in [-0.25, -0.2) is 14.2 Å². The molecule has 1 aromatic heterocycles. The molecule has 3 rings (SSSR count). The van der Waals surface area contributed by atoms with Crippen LogP contribution in [0.3, 0.4) is 0 Å². The van der Waals surface area contributed by atoms with E-state index in [0.717, 1.165) is 15.0 Å². The Balaban J connectivity index is 1.68. The Kier molecular flexibility index (Phi) is 4.83. The summed E-state index contributed by atoms with van der Waals surface area (Å²) in [6.07, 6.45) is 0. The normalized spacial score (nSPS) is 10.5. The number of carbonyl (C=O) groups excluding carboxylic acids is 1. The lowest BCUT2D eigenvalue weighted by atomic mass is 10.2. The highest BCUT2D eigenvalue weighted by Crippen LogP contribution is 2.26. The van der Waals surface area contributed by atoms with Gasteiger partial charge in [-0.3, -0.25) is 0 Å². The molecule has 116 valence electrons. The largest absolute Gasteiger partial charge is 0.455 e. The Hall–Kier alpha value is -2.05. The van der Waals surface area contributed by atoms with Gasteiger partial charge < -0.3 is 4.74 Å². The fraction of sp³-hybridized carbons (Fsp3) is 0.0588. The van der Waals surface area contributed by atoms with Crippen molar-refractivity contribution in [1.29, 1.82) is 0 Å². The molecule has 0 radical (unpaired) electrons. The summed E-state index contributed by atoms with van der Waals surface area (Å²) >= 11 is 4.89. The Morgan fingerprint density at radius 3 is 2.83 bits per heavy atom. The summed E-state index contributed by atoms with van der Waals surface area (Å²) in [5.41, 5.74) is 1.54. The number of carbonyl (C=O) groups is 1. The van der Waals surface area contributed by atoms with Gasteiger partial charge in [-0.05, 0) is 24.3 Å². The maximum absolute atomic E-state index is 13.5. The molecule has 3 nitrogen and oxygen atoms in total. The molecule has 0 bridgehead atoms. The second-order valence-electron chi connectivity index (χ2n) is 4.71. The summed E-state index contributed by atoms with van der Waals surface area (Å²) < 4.78 is 19.6. The van der Waals surface area contributed by atoms with Crippen molar-refractivity contribution in [2.45, 2.75) is 6.61 Å². The predicted octanol–water partition coefficient (Wildman–Crippen LogP) is 5.07. The lowest BCUT2D eigenvalue weighted by molar-refractivity contribution is 0.0463. The highest BCUT2D eigenvalue weighted by molar-refractivity contribution is 9.10. The molecule has 0 saturated heterocycles. The van der Waals surface area contributed by atoms with Crippen LogP contribution in [-0.2, 0) is 11.3 Å². The van der Waals surface area contributed by atoms with Gasteiger partial charge in [0.05, 0.1) is 11.3 Å². The van der Waals surface area contributed by atoms with Crippen LogP contribution < -0.4 is 0 Å². The van der Waals surface area contributed by atoms with Crippen LogP contribution >= 0.6 is 27.3 Å². The second-order valence-corrected chi connectivity index (χ2v) is 6.48. The van der Waals surface area contributed by atoms with Gasteiger partial charge >= 0.3 is 5.97 Å². The van der Waals surface area contributed by atoms with Crippen molar-refractivity contribution in [3.8, 4) is 10.6 Å². The van der Waals surface area contributed by atoms with Crippen LogP contribution in [0.5, 0.6) is 0 Å². The van der Waals surface area contributed by atoms with Gasteiger partial charge in [-0.15, -0.1) is 11.3 Å². The van der Waals surface area contributed by atoms with Gasteiger partial charge in [0, 0.05) is 15.4 Å². The molecule has 0 unspecified atom stereocenters. The quantitative estimate of drug-likeness (QED) is 0.582. The van der Waals surface area contributed by atoms with E-state index in [1.807, 2.05) is 29.6 Å². The number of hydrogen-bond donors (Lipinski definition) is 0. The Labute approximate surface area is 144 Å². The molecule has 0 saturated carbocycles. The summed E-state index contributed by atoms with van der Waals surface area (Å²) in [5.74, 6) is -1.29. The third-order valence-electron chi connectivity index (χ3n) is 3.07. The summed E-state index contributed by atoms with van der Waals surface area (Å²) in [4.78, 5) is 16.3. The van der Waals surface area contributed by atoms with E-state index >= 15 is 0 Å². The zero-order valence-corrected chi connectivity index (χ0v) is 14.2. The first-order valence-corrected chi connectivity index (χ1v) is 8.43. The monoisotopic (exact) mass is 391 g/mol. The van der Waals surface area contributed by atoms with Gasteiger partial charge in [-0.1, -0.05) is 40.2 Å². The summed E-state index contributed by atoms with van der Waals surface area (Å²) in [5, 5.41) is 2.66. The lowest BCUT2D eigenvalue weighted by Gasteiger charge is -2.03. The van der Waals surface area contributed by atoms with Crippen molar-refractivity contribution in [2.75, 3.05) is 0 Å². The molecule has 0 N–H and O–H groups in total. The van der Waals surface area contributed by atoms with Gasteiger partial charge in [0.15, 0.2) is 0 Å². The number of aromatic nitrogens is 1. The SMILES string of the molecule is O=C(OCc1csc(-c2cccc(Br)c2)n1)c1ccccc1F. The van der Waals surface area contributed by atoms with Crippen LogP contribution in [0.25, 0.3) is 10.6 Å². The Morgan fingerprint density at radius 2 is 2.04 bits per heavy atom. The standard InChI is InChI=1S/C17H11BrFNO2S/c18-12-5-3-4-11(8-12)16-20-13(10-23-16)9-22-17(21)14-6-1-2-7-15(14)19/h1-8,10H,9H2. The number of esters is 1. The van der Waals surface area contributed by atoms with Gasteiger partial charge in [-0.2, -0.15) is 0 Å². The van der Waals surface area contributed by atoms with Crippen LogP contribution in [0.15, 0.2) is 58.4 Å². The molecule has 1 heterocycles. The molecular weight excluding hydrogens is 381 g/mol. The number of halogens is 2. The van der Waals surface area contributed by atoms with Crippen LogP contribution in [-0.4, -0.2) is 11.0 Å². The highest BCUT2D eigenvalue weighted by Gasteiger charge is 2.13. The Bertz CT molecular complexity index is 850. The molecule has 3 aromatic rings. The fourth-order valence-electron chi connectivity index (χ4n) is 1.97. The maximum Gasteiger partial charge on any atom is 0.341 e. The number of rotatable bonds is 4. The molecule has 0 aliphatic rings. The van der Waals surface area contributed by atoms with E-state index in [0.29, 0.717) is 5.69 Å². The van der Waals surface area contributed by atoms with E-state index in [2.05, 4.69) is 20.9 Å². The van der Waals surface area contributed by atoms with E-state index in [4.69, 9.17) is 4.74 Å². The number of ether oxygens (including phenoxy) is 1. The van der Waals surface area contributed by atoms with Crippen molar-refractivity contribution in [2.24, 2.45) is 0 Å². The van der Waals surface area contributed by atoms with E-state index < -0.39 is 11.8 Å². The zero-order chi connectivity index (χ0) is 16.2. The second kappa shape index (κ2) is 7.02. The molecule has 6 heteroatoms. The predicted molar refractivity (Wildman–Crippen MR) is 90.8 cm³/mol. The number of hydrogen-bond acceptors (Lipinski definition) is 4. The Morgan fingerprint density at radius 1 is 1.22 bits per heavy atom. The van der Waals surface area contributed by atoms with Crippen LogP contribution in [0, 0.1) is 5.82 Å². The average molecular weight is 392 g/mol. The molecule has 0 aliphatic heterocycles. The molecule has 2 aromatic carbocycles. The van der Waals surface area contributed by atoms with Crippen molar-refractivity contribution in [3.05, 3.63) is 75.5 Å². The first-order valence-electron chi connectivity index (χ1n) is 6.75. The summed E-state index contributed by atoms with van der Waals surface area (Å²) in [7, 11) is 0.